The molecule has 2 saturated carbocycles. The quantitative estimate of drug-likeness (QED) is 0.933. The number of hydrogen-bond acceptors (Lipinski definition) is 3. The van der Waals surface area contributed by atoms with Gasteiger partial charge in [0.25, 0.3) is 0 Å². The van der Waals surface area contributed by atoms with Crippen molar-refractivity contribution in [2.45, 2.75) is 32.1 Å². The molecule has 2 aromatic rings. The fraction of sp³-hybridized carbons (Fsp3) is 0.474. The first-order chi connectivity index (χ1) is 11.2. The van der Waals surface area contributed by atoms with Gasteiger partial charge in [-0.05, 0) is 54.5 Å². The van der Waals surface area contributed by atoms with Crippen LogP contribution in [0.3, 0.4) is 0 Å². The number of amides is 1. The highest BCUT2D eigenvalue weighted by molar-refractivity contribution is 7.17. The minimum absolute atomic E-state index is 0.0458. The van der Waals surface area contributed by atoms with Crippen molar-refractivity contribution in [3.05, 3.63) is 35.2 Å². The molecule has 2 unspecified atom stereocenters. The Balaban J connectivity index is 1.33. The zero-order valence-electron chi connectivity index (χ0n) is 13.1. The van der Waals surface area contributed by atoms with Crippen LogP contribution < -0.4 is 5.32 Å². The molecule has 2 aliphatic rings. The molecule has 1 amide bonds. The lowest BCUT2D eigenvalue weighted by atomic mass is 9.79. The molecular weight excluding hydrogens is 306 g/mol. The summed E-state index contributed by atoms with van der Waals surface area (Å²) in [5.41, 5.74) is 1.31. The average molecular weight is 327 g/mol. The van der Waals surface area contributed by atoms with E-state index in [1.807, 2.05) is 0 Å². The lowest BCUT2D eigenvalue weighted by Crippen LogP contribution is -2.38. The second-order valence-electron chi connectivity index (χ2n) is 6.84. The molecule has 3 nitrogen and oxygen atoms in total. The van der Waals surface area contributed by atoms with Crippen LogP contribution in [0.25, 0.3) is 10.1 Å². The summed E-state index contributed by atoms with van der Waals surface area (Å²) in [6, 6.07) is 8.40. The second kappa shape index (κ2) is 6.08. The van der Waals surface area contributed by atoms with E-state index in [9.17, 15) is 9.59 Å². The number of nitrogens with one attached hydrogen (secondary N) is 1. The molecule has 1 N–H and O–H groups in total. The fourth-order valence-corrected chi connectivity index (χ4v) is 5.17. The number of fused-ring (bicyclic) bond motifs is 3. The summed E-state index contributed by atoms with van der Waals surface area (Å²) in [7, 11) is 0. The molecular formula is C19H21NO2S. The van der Waals surface area contributed by atoms with E-state index in [0.717, 1.165) is 32.1 Å². The lowest BCUT2D eigenvalue weighted by Gasteiger charge is -2.25. The van der Waals surface area contributed by atoms with Gasteiger partial charge in [-0.3, -0.25) is 9.59 Å². The molecule has 23 heavy (non-hydrogen) atoms. The van der Waals surface area contributed by atoms with Crippen molar-refractivity contribution in [2.75, 3.05) is 6.54 Å². The first-order valence-electron chi connectivity index (χ1n) is 8.49. The number of benzene rings is 1. The number of rotatable bonds is 4. The van der Waals surface area contributed by atoms with Gasteiger partial charge in [0.15, 0.2) is 0 Å². The Labute approximate surface area is 140 Å². The van der Waals surface area contributed by atoms with Gasteiger partial charge in [-0.2, -0.15) is 0 Å². The van der Waals surface area contributed by atoms with E-state index in [2.05, 4.69) is 35.0 Å². The Morgan fingerprint density at radius 2 is 1.91 bits per heavy atom. The standard InChI is InChI=1S/C19H21NO2S/c21-18-12-5-6-13(18)10-15(9-12)19(22)20-8-7-14-11-23-17-4-2-1-3-16(14)17/h1-4,11-13,15H,5-10H2,(H,20,22). The predicted octanol–water partition coefficient (Wildman–Crippen LogP) is 3.57. The molecule has 0 radical (unpaired) electrons. The van der Waals surface area contributed by atoms with Gasteiger partial charge in [0.2, 0.25) is 5.91 Å². The lowest BCUT2D eigenvalue weighted by molar-refractivity contribution is -0.132. The SMILES string of the molecule is O=C(NCCc1csc2ccccc12)C1CC2CCC(C1)C2=O. The molecule has 2 bridgehead atoms. The topological polar surface area (TPSA) is 46.2 Å². The van der Waals surface area contributed by atoms with Gasteiger partial charge in [0, 0.05) is 29.0 Å². The van der Waals surface area contributed by atoms with Crippen LogP contribution in [0.2, 0.25) is 0 Å². The Bertz CT molecular complexity index is 735. The third-order valence-corrected chi connectivity index (χ3v) is 6.44. The van der Waals surface area contributed by atoms with E-state index in [1.165, 1.54) is 15.6 Å². The van der Waals surface area contributed by atoms with Crippen molar-refractivity contribution in [2.24, 2.45) is 17.8 Å². The van der Waals surface area contributed by atoms with Gasteiger partial charge in [0.05, 0.1) is 0 Å². The molecule has 4 heteroatoms. The highest BCUT2D eigenvalue weighted by Crippen LogP contribution is 2.42. The van der Waals surface area contributed by atoms with Crippen molar-refractivity contribution in [1.29, 1.82) is 0 Å². The second-order valence-corrected chi connectivity index (χ2v) is 7.75. The van der Waals surface area contributed by atoms with Gasteiger partial charge in [-0.15, -0.1) is 11.3 Å². The highest BCUT2D eigenvalue weighted by atomic mass is 32.1. The van der Waals surface area contributed by atoms with Crippen LogP contribution in [-0.4, -0.2) is 18.2 Å². The van der Waals surface area contributed by atoms with E-state index in [4.69, 9.17) is 0 Å². The van der Waals surface area contributed by atoms with Crippen LogP contribution >= 0.6 is 11.3 Å². The van der Waals surface area contributed by atoms with Crippen molar-refractivity contribution in [1.82, 2.24) is 5.32 Å². The third-order valence-electron chi connectivity index (χ3n) is 5.43. The summed E-state index contributed by atoms with van der Waals surface area (Å²) < 4.78 is 1.30. The van der Waals surface area contributed by atoms with Gasteiger partial charge < -0.3 is 5.32 Å². The molecule has 0 saturated heterocycles. The van der Waals surface area contributed by atoms with Gasteiger partial charge in [-0.25, -0.2) is 0 Å². The molecule has 2 fully saturated rings. The minimum atomic E-state index is 0.0458. The molecule has 2 aliphatic carbocycles. The zero-order valence-corrected chi connectivity index (χ0v) is 13.9. The van der Waals surface area contributed by atoms with E-state index in [1.54, 1.807) is 11.3 Å². The Morgan fingerprint density at radius 1 is 1.17 bits per heavy atom. The number of hydrogen-bond donors (Lipinski definition) is 1. The van der Waals surface area contributed by atoms with Crippen molar-refractivity contribution in [3.63, 3.8) is 0 Å². The van der Waals surface area contributed by atoms with Crippen LogP contribution in [0.15, 0.2) is 29.6 Å². The van der Waals surface area contributed by atoms with Crippen LogP contribution in [0.4, 0.5) is 0 Å². The molecule has 0 aliphatic heterocycles. The minimum Gasteiger partial charge on any atom is -0.356 e. The van der Waals surface area contributed by atoms with Gasteiger partial charge in [0.1, 0.15) is 5.78 Å². The van der Waals surface area contributed by atoms with Crippen molar-refractivity contribution in [3.8, 4) is 0 Å². The first kappa shape index (κ1) is 14.9. The third kappa shape index (κ3) is 2.80. The average Bonchev–Trinajstić information content (AvgIpc) is 3.03. The first-order valence-corrected chi connectivity index (χ1v) is 9.37. The molecule has 120 valence electrons. The van der Waals surface area contributed by atoms with Gasteiger partial charge in [-0.1, -0.05) is 18.2 Å². The maximum Gasteiger partial charge on any atom is 0.223 e. The van der Waals surface area contributed by atoms with E-state index in [0.29, 0.717) is 12.3 Å². The molecule has 2 atom stereocenters. The molecule has 1 heterocycles. The van der Waals surface area contributed by atoms with E-state index < -0.39 is 0 Å². The normalized spacial score (nSPS) is 26.6. The van der Waals surface area contributed by atoms with Crippen LogP contribution in [-0.2, 0) is 16.0 Å². The molecule has 0 spiro atoms. The Kier molecular flexibility index (Phi) is 3.93. The van der Waals surface area contributed by atoms with Crippen LogP contribution in [0.1, 0.15) is 31.2 Å². The summed E-state index contributed by atoms with van der Waals surface area (Å²) >= 11 is 1.76. The molecule has 4 rings (SSSR count). The fourth-order valence-electron chi connectivity index (χ4n) is 4.18. The van der Waals surface area contributed by atoms with Crippen LogP contribution in [0, 0.1) is 17.8 Å². The highest BCUT2D eigenvalue weighted by Gasteiger charge is 2.43. The summed E-state index contributed by atoms with van der Waals surface area (Å²) in [5, 5.41) is 6.58. The smallest absolute Gasteiger partial charge is 0.223 e. The van der Waals surface area contributed by atoms with Crippen molar-refractivity contribution >= 4 is 33.1 Å². The zero-order chi connectivity index (χ0) is 15.8. The Morgan fingerprint density at radius 3 is 2.70 bits per heavy atom. The largest absolute Gasteiger partial charge is 0.356 e. The predicted molar refractivity (Wildman–Crippen MR) is 92.5 cm³/mol. The maximum absolute atomic E-state index is 12.4. The van der Waals surface area contributed by atoms with Gasteiger partial charge >= 0.3 is 0 Å². The van der Waals surface area contributed by atoms with E-state index >= 15 is 0 Å². The van der Waals surface area contributed by atoms with E-state index in [-0.39, 0.29) is 23.7 Å². The molecule has 1 aromatic heterocycles. The number of carbonyl (C=O) groups excluding carboxylic acids is 2. The summed E-state index contributed by atoms with van der Waals surface area (Å²) in [4.78, 5) is 24.3. The maximum atomic E-state index is 12.4. The summed E-state index contributed by atoms with van der Waals surface area (Å²) in [5.74, 6) is 0.924. The molecule has 1 aromatic carbocycles. The number of thiophene rings is 1. The number of ketones is 1. The number of Topliss-reactive ketones (excluding diaryl/α,β-unsaturated/α-hetero) is 1. The van der Waals surface area contributed by atoms with Crippen LogP contribution in [0.5, 0.6) is 0 Å². The monoisotopic (exact) mass is 327 g/mol. The number of carbonyl (C=O) groups is 2. The summed E-state index contributed by atoms with van der Waals surface area (Å²) in [6.45, 7) is 0.680. The Hall–Kier alpha value is -1.68. The summed E-state index contributed by atoms with van der Waals surface area (Å²) in [6.07, 6.45) is 4.39. The van der Waals surface area contributed by atoms with Crippen molar-refractivity contribution < 1.29 is 9.59 Å².